The van der Waals surface area contributed by atoms with Gasteiger partial charge in [-0.25, -0.2) is 9.69 Å². The topological polar surface area (TPSA) is 75.7 Å². The zero-order valence-corrected chi connectivity index (χ0v) is 23.9. The molecule has 4 aromatic carbocycles. The molecule has 1 fully saturated rings. The van der Waals surface area contributed by atoms with Gasteiger partial charge in [0.15, 0.2) is 0 Å². The predicted octanol–water partition coefficient (Wildman–Crippen LogP) is 7.57. The van der Waals surface area contributed by atoms with E-state index in [-0.39, 0.29) is 12.2 Å². The van der Waals surface area contributed by atoms with Crippen molar-refractivity contribution in [1.82, 2.24) is 5.32 Å². The quantitative estimate of drug-likeness (QED) is 0.178. The van der Waals surface area contributed by atoms with Gasteiger partial charge in [-0.1, -0.05) is 76.1 Å². The normalized spacial score (nSPS) is 14.8. The number of halogens is 3. The van der Waals surface area contributed by atoms with Gasteiger partial charge in [-0.05, 0) is 75.1 Å². The summed E-state index contributed by atoms with van der Waals surface area (Å²) in [6, 6.07) is 21.6. The number of fused-ring (bicyclic) bond motifs is 1. The van der Waals surface area contributed by atoms with E-state index in [0.717, 1.165) is 21.2 Å². The van der Waals surface area contributed by atoms with Gasteiger partial charge < -0.3 is 4.74 Å². The maximum absolute atomic E-state index is 13.5. The van der Waals surface area contributed by atoms with Gasteiger partial charge in [0.2, 0.25) is 0 Å². The second-order valence-electron chi connectivity index (χ2n) is 8.62. The van der Waals surface area contributed by atoms with Crippen molar-refractivity contribution in [2.45, 2.75) is 13.5 Å². The second kappa shape index (κ2) is 10.7. The molecule has 1 aliphatic rings. The van der Waals surface area contributed by atoms with Crippen LogP contribution in [-0.2, 0) is 16.2 Å². The number of carbonyl (C=O) groups excluding carboxylic acids is 3. The molecule has 1 saturated heterocycles. The van der Waals surface area contributed by atoms with Crippen LogP contribution in [0.1, 0.15) is 16.7 Å². The molecule has 0 unspecified atom stereocenters. The van der Waals surface area contributed by atoms with Crippen molar-refractivity contribution in [3.05, 3.63) is 109 Å². The molecule has 190 valence electrons. The standard InChI is InChI=1S/C29H19Br2ClN2O4/c1-16-9-10-21(32)14-25(16)34-28(36)23(27(35)33-29(34)37)12-19-11-20(30)13-24(31)26(19)38-15-18-7-4-6-17-5-2-3-8-22(17)18/h2-14H,15H2,1H3,(H,33,35,37)/b23-12+. The smallest absolute Gasteiger partial charge is 0.335 e. The molecule has 9 heteroatoms. The number of barbiturate groups is 1. The molecule has 38 heavy (non-hydrogen) atoms. The van der Waals surface area contributed by atoms with Gasteiger partial charge in [0, 0.05) is 15.1 Å². The van der Waals surface area contributed by atoms with Crippen LogP contribution in [0.3, 0.4) is 0 Å². The molecule has 4 aromatic rings. The fourth-order valence-corrected chi connectivity index (χ4v) is 5.80. The number of carbonyl (C=O) groups is 3. The van der Waals surface area contributed by atoms with E-state index in [1.807, 2.05) is 48.5 Å². The monoisotopic (exact) mass is 652 g/mol. The molecule has 0 saturated carbocycles. The van der Waals surface area contributed by atoms with Gasteiger partial charge in [-0.3, -0.25) is 14.9 Å². The molecule has 1 aliphatic heterocycles. The number of hydrogen-bond acceptors (Lipinski definition) is 4. The third kappa shape index (κ3) is 5.12. The minimum atomic E-state index is -0.842. The molecule has 6 nitrogen and oxygen atoms in total. The zero-order valence-electron chi connectivity index (χ0n) is 19.9. The van der Waals surface area contributed by atoms with Crippen LogP contribution >= 0.6 is 43.5 Å². The van der Waals surface area contributed by atoms with Gasteiger partial charge >= 0.3 is 6.03 Å². The van der Waals surface area contributed by atoms with E-state index in [2.05, 4.69) is 37.2 Å². The van der Waals surface area contributed by atoms with Gasteiger partial charge in [0.25, 0.3) is 11.8 Å². The van der Waals surface area contributed by atoms with Crippen molar-refractivity contribution in [3.63, 3.8) is 0 Å². The van der Waals surface area contributed by atoms with Gasteiger partial charge in [0.05, 0.1) is 10.2 Å². The Bertz CT molecular complexity index is 1660. The van der Waals surface area contributed by atoms with Gasteiger partial charge in [-0.15, -0.1) is 0 Å². The fraction of sp³-hybridized carbons (Fsp3) is 0.0690. The van der Waals surface area contributed by atoms with E-state index >= 15 is 0 Å². The van der Waals surface area contributed by atoms with Crippen LogP contribution in [0.5, 0.6) is 5.75 Å². The van der Waals surface area contributed by atoms with Crippen LogP contribution in [0.2, 0.25) is 5.02 Å². The number of imide groups is 2. The van der Waals surface area contributed by atoms with Crippen LogP contribution in [-0.4, -0.2) is 17.8 Å². The summed E-state index contributed by atoms with van der Waals surface area (Å²) in [4.78, 5) is 39.9. The molecule has 0 spiro atoms. The summed E-state index contributed by atoms with van der Waals surface area (Å²) in [6.07, 6.45) is 1.42. The van der Waals surface area contributed by atoms with E-state index in [1.54, 1.807) is 25.1 Å². The molecule has 0 aromatic heterocycles. The highest BCUT2D eigenvalue weighted by Crippen LogP contribution is 2.36. The highest BCUT2D eigenvalue weighted by atomic mass is 79.9. The summed E-state index contributed by atoms with van der Waals surface area (Å²) < 4.78 is 7.57. The van der Waals surface area contributed by atoms with Crippen molar-refractivity contribution < 1.29 is 19.1 Å². The third-order valence-corrected chi connectivity index (χ3v) is 7.38. The first-order chi connectivity index (χ1) is 18.2. The number of hydrogen-bond donors (Lipinski definition) is 1. The van der Waals surface area contributed by atoms with Crippen LogP contribution in [0, 0.1) is 6.92 Å². The number of anilines is 1. The lowest BCUT2D eigenvalue weighted by Crippen LogP contribution is -2.54. The summed E-state index contributed by atoms with van der Waals surface area (Å²) in [6.45, 7) is 2.00. The van der Waals surface area contributed by atoms with Crippen molar-refractivity contribution in [1.29, 1.82) is 0 Å². The van der Waals surface area contributed by atoms with Crippen molar-refractivity contribution in [2.75, 3.05) is 4.90 Å². The Morgan fingerprint density at radius 2 is 1.74 bits per heavy atom. The molecule has 0 atom stereocenters. The van der Waals surface area contributed by atoms with E-state index in [4.69, 9.17) is 16.3 Å². The van der Waals surface area contributed by atoms with Crippen LogP contribution in [0.4, 0.5) is 10.5 Å². The van der Waals surface area contributed by atoms with Gasteiger partial charge in [-0.2, -0.15) is 0 Å². The largest absolute Gasteiger partial charge is 0.487 e. The first kappa shape index (κ1) is 26.2. The predicted molar refractivity (Wildman–Crippen MR) is 155 cm³/mol. The SMILES string of the molecule is Cc1ccc(Cl)cc1N1C(=O)NC(=O)/C(=C\c2cc(Br)cc(Br)c2OCc2cccc3ccccc23)C1=O. The number of ether oxygens (including phenoxy) is 1. The van der Waals surface area contributed by atoms with E-state index in [0.29, 0.717) is 36.5 Å². The number of rotatable bonds is 5. The average molecular weight is 655 g/mol. The summed E-state index contributed by atoms with van der Waals surface area (Å²) in [5.74, 6) is -1.12. The minimum absolute atomic E-state index is 0.219. The molecule has 0 aliphatic carbocycles. The Hall–Kier alpha value is -3.46. The lowest BCUT2D eigenvalue weighted by molar-refractivity contribution is -0.122. The average Bonchev–Trinajstić information content (AvgIpc) is 2.88. The van der Waals surface area contributed by atoms with E-state index < -0.39 is 17.8 Å². The maximum atomic E-state index is 13.5. The van der Waals surface area contributed by atoms with Crippen molar-refractivity contribution in [3.8, 4) is 5.75 Å². The van der Waals surface area contributed by atoms with Crippen LogP contribution < -0.4 is 15.0 Å². The summed E-state index contributed by atoms with van der Waals surface area (Å²) in [5, 5.41) is 4.77. The molecular formula is C29H19Br2ClN2O4. The number of urea groups is 1. The van der Waals surface area contributed by atoms with E-state index in [1.165, 1.54) is 12.1 Å². The van der Waals surface area contributed by atoms with Crippen LogP contribution in [0.25, 0.3) is 16.8 Å². The number of amides is 4. The highest BCUT2D eigenvalue weighted by molar-refractivity contribution is 9.11. The molecular weight excluding hydrogens is 636 g/mol. The minimum Gasteiger partial charge on any atom is -0.487 e. The zero-order chi connectivity index (χ0) is 27.0. The van der Waals surface area contributed by atoms with Crippen LogP contribution in [0.15, 0.2) is 87.3 Å². The maximum Gasteiger partial charge on any atom is 0.335 e. The fourth-order valence-electron chi connectivity index (χ4n) is 4.26. The Kier molecular flexibility index (Phi) is 7.38. The highest BCUT2D eigenvalue weighted by Gasteiger charge is 2.37. The number of nitrogens with zero attached hydrogens (tertiary/aromatic N) is 1. The molecule has 5 rings (SSSR count). The second-order valence-corrected chi connectivity index (χ2v) is 10.8. The lowest BCUT2D eigenvalue weighted by atomic mass is 10.0. The summed E-state index contributed by atoms with van der Waals surface area (Å²) in [7, 11) is 0. The number of aryl methyl sites for hydroxylation is 1. The molecule has 1 N–H and O–H groups in total. The lowest BCUT2D eigenvalue weighted by Gasteiger charge is -2.27. The molecule has 4 amide bonds. The Morgan fingerprint density at radius 3 is 2.55 bits per heavy atom. The Balaban J connectivity index is 1.54. The molecule has 0 bridgehead atoms. The van der Waals surface area contributed by atoms with Crippen molar-refractivity contribution in [2.24, 2.45) is 0 Å². The van der Waals surface area contributed by atoms with Gasteiger partial charge in [0.1, 0.15) is 17.9 Å². The number of nitrogens with one attached hydrogen (secondary N) is 1. The summed E-state index contributed by atoms with van der Waals surface area (Å²) >= 11 is 13.1. The van der Waals surface area contributed by atoms with E-state index in [9.17, 15) is 14.4 Å². The first-order valence-electron chi connectivity index (χ1n) is 11.5. The Morgan fingerprint density at radius 1 is 0.974 bits per heavy atom. The first-order valence-corrected chi connectivity index (χ1v) is 13.5. The third-order valence-electron chi connectivity index (χ3n) is 6.10. The van der Waals surface area contributed by atoms with Crippen molar-refractivity contribution >= 4 is 83.8 Å². The summed E-state index contributed by atoms with van der Waals surface area (Å²) in [5.41, 5.74) is 2.18. The Labute approximate surface area is 240 Å². The number of benzene rings is 4. The molecule has 1 heterocycles. The molecule has 0 radical (unpaired) electrons.